The van der Waals surface area contributed by atoms with Crippen molar-refractivity contribution in [3.05, 3.63) is 36.4 Å². The number of carbonyl (C=O) groups excluding carboxylic acids is 3. The van der Waals surface area contributed by atoms with Crippen molar-refractivity contribution in [2.24, 2.45) is 11.8 Å². The molecular formula is C31H42N4O4S. The van der Waals surface area contributed by atoms with Gasteiger partial charge >= 0.3 is 0 Å². The lowest BCUT2D eigenvalue weighted by molar-refractivity contribution is -0.141. The Labute approximate surface area is 241 Å². The number of hydrogen-bond acceptors (Lipinski definition) is 6. The molecule has 1 aliphatic carbocycles. The Morgan fingerprint density at radius 2 is 1.88 bits per heavy atom. The van der Waals surface area contributed by atoms with Crippen molar-refractivity contribution in [2.45, 2.75) is 93.0 Å². The van der Waals surface area contributed by atoms with Crippen LogP contribution in [-0.4, -0.2) is 83.2 Å². The maximum absolute atomic E-state index is 14.2. The van der Waals surface area contributed by atoms with Crippen molar-refractivity contribution in [3.8, 4) is 0 Å². The van der Waals surface area contributed by atoms with Crippen molar-refractivity contribution in [1.29, 1.82) is 0 Å². The van der Waals surface area contributed by atoms with Gasteiger partial charge in [0.15, 0.2) is 0 Å². The van der Waals surface area contributed by atoms with Crippen LogP contribution in [0.3, 0.4) is 0 Å². The van der Waals surface area contributed by atoms with Crippen LogP contribution in [0, 0.1) is 11.8 Å². The maximum Gasteiger partial charge on any atom is 0.246 e. The first kappa shape index (κ1) is 27.8. The molecule has 9 heteroatoms. The summed E-state index contributed by atoms with van der Waals surface area (Å²) in [5.74, 6) is -1.91. The lowest BCUT2D eigenvalue weighted by Gasteiger charge is -2.37. The zero-order valence-corrected chi connectivity index (χ0v) is 24.5. The molecule has 1 saturated carbocycles. The van der Waals surface area contributed by atoms with Crippen LogP contribution in [0.15, 0.2) is 41.3 Å². The van der Waals surface area contributed by atoms with E-state index in [2.05, 4.69) is 22.5 Å². The molecule has 1 spiro atoms. The van der Waals surface area contributed by atoms with Gasteiger partial charge in [0, 0.05) is 35.8 Å². The fourth-order valence-corrected chi connectivity index (χ4v) is 8.15. The predicted octanol–water partition coefficient (Wildman–Crippen LogP) is 3.82. The summed E-state index contributed by atoms with van der Waals surface area (Å²) < 4.78 is 6.52. The molecule has 1 aromatic carbocycles. The molecule has 216 valence electrons. The number of nitrogens with zero attached hydrogens (tertiary/aromatic N) is 2. The van der Waals surface area contributed by atoms with E-state index in [9.17, 15) is 14.4 Å². The summed E-state index contributed by atoms with van der Waals surface area (Å²) in [6.07, 6.45) is 14.2. The van der Waals surface area contributed by atoms with Crippen molar-refractivity contribution in [3.63, 3.8) is 0 Å². The zero-order chi connectivity index (χ0) is 27.9. The summed E-state index contributed by atoms with van der Waals surface area (Å²) in [4.78, 5) is 47.2. The third-order valence-corrected chi connectivity index (χ3v) is 10.5. The number of nitrogens with one attached hydrogen (secondary N) is 2. The average molecular weight is 567 g/mol. The number of anilines is 1. The van der Waals surface area contributed by atoms with Crippen LogP contribution in [0.5, 0.6) is 0 Å². The summed E-state index contributed by atoms with van der Waals surface area (Å²) in [6.45, 7) is 4.42. The molecule has 4 fully saturated rings. The first-order valence-electron chi connectivity index (χ1n) is 15.1. The number of hydrogen-bond donors (Lipinski definition) is 2. The van der Waals surface area contributed by atoms with Gasteiger partial charge in [0.2, 0.25) is 17.7 Å². The van der Waals surface area contributed by atoms with E-state index >= 15 is 0 Å². The van der Waals surface area contributed by atoms with Crippen molar-refractivity contribution >= 4 is 35.2 Å². The summed E-state index contributed by atoms with van der Waals surface area (Å²) >= 11 is 1.61. The second-order valence-corrected chi connectivity index (χ2v) is 13.1. The Morgan fingerprint density at radius 3 is 2.65 bits per heavy atom. The molecule has 0 aromatic heterocycles. The number of rotatable bonds is 8. The van der Waals surface area contributed by atoms with E-state index in [1.165, 1.54) is 12.8 Å². The first-order valence-corrected chi connectivity index (χ1v) is 16.3. The van der Waals surface area contributed by atoms with Crippen LogP contribution < -0.4 is 10.6 Å². The Bertz CT molecular complexity index is 1170. The standard InChI is InChI=1S/C31H42N4O4S/c1-20-9-6-7-16-34(20)17-18-35-27(29(37)32-21-10-4-3-5-11-21)31-15-14-24(39-31)25(26(31)30(35)38)28(36)33-22-12-8-13-23(19-22)40-2/h8,12-15,19-21,24-27H,3-7,9-11,16-18H2,1-2H3,(H,32,37)(H,33,36)/t20-,24+,25-,26+,27-,31+/m1/s1. The number of fused-ring (bicyclic) bond motifs is 1. The van der Waals surface area contributed by atoms with Crippen LogP contribution in [0.25, 0.3) is 0 Å². The molecule has 40 heavy (non-hydrogen) atoms. The van der Waals surface area contributed by atoms with Gasteiger partial charge in [0.05, 0.1) is 17.9 Å². The van der Waals surface area contributed by atoms with E-state index in [4.69, 9.17) is 4.74 Å². The van der Waals surface area contributed by atoms with E-state index in [1.807, 2.05) is 42.7 Å². The highest BCUT2D eigenvalue weighted by molar-refractivity contribution is 7.98. The molecule has 3 saturated heterocycles. The monoisotopic (exact) mass is 566 g/mol. The number of amides is 3. The van der Waals surface area contributed by atoms with Gasteiger partial charge in [-0.15, -0.1) is 11.8 Å². The number of benzene rings is 1. The highest BCUT2D eigenvalue weighted by atomic mass is 32.2. The quantitative estimate of drug-likeness (QED) is 0.367. The SMILES string of the molecule is CSc1cccc(NC(=O)[C@@H]2[C@@H]3C=C[C@]4(O3)[C@@H]2C(=O)N(CCN2CCCC[C@H]2C)[C@@H]4C(=O)NC2CCCCC2)c1. The topological polar surface area (TPSA) is 91.0 Å². The van der Waals surface area contributed by atoms with Crippen molar-refractivity contribution in [2.75, 3.05) is 31.2 Å². The van der Waals surface area contributed by atoms with E-state index in [0.717, 1.165) is 50.0 Å². The van der Waals surface area contributed by atoms with Gasteiger partial charge in [0.25, 0.3) is 0 Å². The highest BCUT2D eigenvalue weighted by Gasteiger charge is 2.72. The molecule has 3 amide bonds. The van der Waals surface area contributed by atoms with Gasteiger partial charge in [-0.05, 0) is 63.6 Å². The Hall–Kier alpha value is -2.36. The van der Waals surface area contributed by atoms with E-state index in [-0.39, 0.29) is 23.8 Å². The molecule has 4 aliphatic heterocycles. The Kier molecular flexibility index (Phi) is 7.98. The van der Waals surface area contributed by atoms with Crippen molar-refractivity contribution in [1.82, 2.24) is 15.1 Å². The summed E-state index contributed by atoms with van der Waals surface area (Å²) in [6, 6.07) is 7.52. The molecule has 2 N–H and O–H groups in total. The molecule has 1 aromatic rings. The normalized spacial score (nSPS) is 33.8. The van der Waals surface area contributed by atoms with Crippen molar-refractivity contribution < 1.29 is 19.1 Å². The minimum atomic E-state index is -1.11. The molecule has 2 bridgehead atoms. The Balaban J connectivity index is 1.27. The second kappa shape index (κ2) is 11.5. The smallest absolute Gasteiger partial charge is 0.246 e. The number of piperidine rings is 1. The number of carbonyl (C=O) groups is 3. The van der Waals surface area contributed by atoms with E-state index in [1.54, 1.807) is 16.7 Å². The molecule has 6 rings (SSSR count). The number of likely N-dealkylation sites (tertiary alicyclic amines) is 2. The molecule has 8 nitrogen and oxygen atoms in total. The molecule has 0 radical (unpaired) electrons. The highest BCUT2D eigenvalue weighted by Crippen LogP contribution is 2.55. The van der Waals surface area contributed by atoms with Gasteiger partial charge in [-0.25, -0.2) is 0 Å². The van der Waals surface area contributed by atoms with E-state index in [0.29, 0.717) is 24.8 Å². The Morgan fingerprint density at radius 1 is 1.07 bits per heavy atom. The third kappa shape index (κ3) is 4.98. The maximum atomic E-state index is 14.2. The second-order valence-electron chi connectivity index (χ2n) is 12.2. The fraction of sp³-hybridized carbons (Fsp3) is 0.645. The minimum absolute atomic E-state index is 0.126. The van der Waals surface area contributed by atoms with Gasteiger partial charge < -0.3 is 20.3 Å². The van der Waals surface area contributed by atoms with E-state index < -0.39 is 29.6 Å². The van der Waals surface area contributed by atoms with Gasteiger partial charge in [-0.1, -0.05) is 43.9 Å². The summed E-state index contributed by atoms with van der Waals surface area (Å²) in [5.41, 5.74) is -0.414. The fourth-order valence-electron chi connectivity index (χ4n) is 7.69. The van der Waals surface area contributed by atoms with Crippen LogP contribution in [-0.2, 0) is 19.1 Å². The van der Waals surface area contributed by atoms with Crippen LogP contribution >= 0.6 is 11.8 Å². The molecule has 5 aliphatic rings. The zero-order valence-electron chi connectivity index (χ0n) is 23.6. The third-order valence-electron chi connectivity index (χ3n) is 9.78. The molecular weight excluding hydrogens is 524 g/mol. The number of ether oxygens (including phenoxy) is 1. The van der Waals surface area contributed by atoms with Crippen LogP contribution in [0.4, 0.5) is 5.69 Å². The van der Waals surface area contributed by atoms with Gasteiger partial charge in [-0.2, -0.15) is 0 Å². The summed E-state index contributed by atoms with van der Waals surface area (Å²) in [7, 11) is 0. The number of thioether (sulfide) groups is 1. The largest absolute Gasteiger partial charge is 0.359 e. The van der Waals surface area contributed by atoms with Gasteiger partial charge in [0.1, 0.15) is 11.6 Å². The summed E-state index contributed by atoms with van der Waals surface area (Å²) in [5, 5.41) is 6.32. The van der Waals surface area contributed by atoms with Crippen LogP contribution in [0.1, 0.15) is 58.3 Å². The first-order chi connectivity index (χ1) is 19.4. The van der Waals surface area contributed by atoms with Gasteiger partial charge in [-0.3, -0.25) is 19.3 Å². The lowest BCUT2D eigenvalue weighted by atomic mass is 9.74. The predicted molar refractivity (Wildman–Crippen MR) is 156 cm³/mol. The average Bonchev–Trinajstić information content (AvgIpc) is 3.60. The minimum Gasteiger partial charge on any atom is -0.359 e. The van der Waals surface area contributed by atoms with Crippen LogP contribution in [0.2, 0.25) is 0 Å². The lowest BCUT2D eigenvalue weighted by Crippen LogP contribution is -2.57. The molecule has 0 unspecified atom stereocenters. The molecule has 6 atom stereocenters. The molecule has 4 heterocycles.